The van der Waals surface area contributed by atoms with Gasteiger partial charge >= 0.3 is 6.03 Å². The zero-order valence-electron chi connectivity index (χ0n) is 10.3. The van der Waals surface area contributed by atoms with E-state index in [1.807, 2.05) is 0 Å². The molecule has 1 aliphatic rings. The Balaban J connectivity index is 2.33. The summed E-state index contributed by atoms with van der Waals surface area (Å²) in [6, 6.07) is -0.319. The number of hydrogen-bond donors (Lipinski definition) is 3. The quantitative estimate of drug-likeness (QED) is 0.626. The van der Waals surface area contributed by atoms with Gasteiger partial charge in [0.2, 0.25) is 5.91 Å². The number of rotatable bonds is 4. The van der Waals surface area contributed by atoms with E-state index in [0.29, 0.717) is 31.5 Å². The second-order valence-electron chi connectivity index (χ2n) is 4.69. The first-order valence-corrected chi connectivity index (χ1v) is 6.06. The normalized spacial score (nSPS) is 25.5. The molecule has 0 aromatic carbocycles. The predicted molar refractivity (Wildman–Crippen MR) is 65.2 cm³/mol. The topological polar surface area (TPSA) is 101 Å². The lowest BCUT2D eigenvalue weighted by Crippen LogP contribution is -2.45. The average Bonchev–Trinajstić information content (AvgIpc) is 2.27. The van der Waals surface area contributed by atoms with Crippen molar-refractivity contribution >= 4 is 11.9 Å². The fourth-order valence-corrected chi connectivity index (χ4v) is 2.21. The minimum Gasteiger partial charge on any atom is -0.351 e. The van der Waals surface area contributed by atoms with E-state index in [1.54, 1.807) is 0 Å². The maximum atomic E-state index is 11.3. The molecule has 2 unspecified atom stereocenters. The number of carbonyl (C=O) groups excluding carboxylic acids is 2. The number of imide groups is 1. The maximum Gasteiger partial charge on any atom is 0.318 e. The Kier molecular flexibility index (Phi) is 5.37. The molecule has 0 bridgehead atoms. The number of carbonyl (C=O) groups is 2. The molecule has 0 aromatic heterocycles. The minimum atomic E-state index is -0.790. The van der Waals surface area contributed by atoms with Gasteiger partial charge < -0.3 is 11.5 Å². The van der Waals surface area contributed by atoms with Gasteiger partial charge in [0.05, 0.1) is 0 Å². The summed E-state index contributed by atoms with van der Waals surface area (Å²) < 4.78 is 0. The zero-order valence-corrected chi connectivity index (χ0v) is 10.3. The molecular weight excluding hydrogens is 220 g/mol. The second kappa shape index (κ2) is 6.56. The van der Waals surface area contributed by atoms with Gasteiger partial charge in [-0.1, -0.05) is 0 Å². The standard InChI is InChI=1S/C11H22N4O2/c1-8-2-3-9(6-12)7-15(8)5-4-10(16)14-11(13)17/h8-9H,2-7,12H2,1H3,(H3,13,14,16,17). The number of nitrogens with one attached hydrogen (secondary N) is 1. The van der Waals surface area contributed by atoms with E-state index in [-0.39, 0.29) is 5.91 Å². The van der Waals surface area contributed by atoms with E-state index < -0.39 is 6.03 Å². The second-order valence-corrected chi connectivity index (χ2v) is 4.69. The van der Waals surface area contributed by atoms with Crippen LogP contribution in [0.15, 0.2) is 0 Å². The number of urea groups is 1. The molecule has 1 heterocycles. The Labute approximate surface area is 102 Å². The molecule has 0 aromatic rings. The number of nitrogens with two attached hydrogens (primary N) is 2. The van der Waals surface area contributed by atoms with Gasteiger partial charge in [0.15, 0.2) is 0 Å². The molecule has 1 fully saturated rings. The first-order chi connectivity index (χ1) is 8.02. The van der Waals surface area contributed by atoms with E-state index in [4.69, 9.17) is 11.5 Å². The van der Waals surface area contributed by atoms with Crippen LogP contribution >= 0.6 is 0 Å². The fraction of sp³-hybridized carbons (Fsp3) is 0.818. The Morgan fingerprint density at radius 2 is 2.12 bits per heavy atom. The Morgan fingerprint density at radius 1 is 1.41 bits per heavy atom. The van der Waals surface area contributed by atoms with Crippen LogP contribution in [-0.4, -0.2) is 42.5 Å². The molecule has 0 radical (unpaired) electrons. The number of likely N-dealkylation sites (tertiary alicyclic amines) is 1. The van der Waals surface area contributed by atoms with Gasteiger partial charge in [0.1, 0.15) is 0 Å². The van der Waals surface area contributed by atoms with Crippen LogP contribution in [0.25, 0.3) is 0 Å². The van der Waals surface area contributed by atoms with E-state index in [1.165, 1.54) is 0 Å². The zero-order chi connectivity index (χ0) is 12.8. The number of hydrogen-bond acceptors (Lipinski definition) is 4. The van der Waals surface area contributed by atoms with Gasteiger partial charge in [-0.05, 0) is 32.2 Å². The molecule has 0 saturated carbocycles. The molecular formula is C11H22N4O2. The van der Waals surface area contributed by atoms with E-state index in [0.717, 1.165) is 19.4 Å². The van der Waals surface area contributed by atoms with E-state index >= 15 is 0 Å². The summed E-state index contributed by atoms with van der Waals surface area (Å²) in [5.74, 6) is 0.199. The third-order valence-electron chi connectivity index (χ3n) is 3.33. The molecule has 0 spiro atoms. The van der Waals surface area contributed by atoms with Crippen LogP contribution in [0, 0.1) is 5.92 Å². The van der Waals surface area contributed by atoms with Crippen molar-refractivity contribution in [2.24, 2.45) is 17.4 Å². The van der Waals surface area contributed by atoms with Crippen LogP contribution in [0.4, 0.5) is 4.79 Å². The SMILES string of the molecule is CC1CCC(CN)CN1CCC(=O)NC(N)=O. The molecule has 5 N–H and O–H groups in total. The number of nitrogens with zero attached hydrogens (tertiary/aromatic N) is 1. The van der Waals surface area contributed by atoms with Crippen molar-refractivity contribution in [3.63, 3.8) is 0 Å². The van der Waals surface area contributed by atoms with Crippen LogP contribution in [-0.2, 0) is 4.79 Å². The molecule has 1 saturated heterocycles. The minimum absolute atomic E-state index is 0.296. The van der Waals surface area contributed by atoms with Crippen molar-refractivity contribution in [1.29, 1.82) is 0 Å². The molecule has 17 heavy (non-hydrogen) atoms. The Bertz CT molecular complexity index is 283. The van der Waals surface area contributed by atoms with Gasteiger partial charge in [-0.15, -0.1) is 0 Å². The Hall–Kier alpha value is -1.14. The first kappa shape index (κ1) is 13.9. The van der Waals surface area contributed by atoms with Crippen LogP contribution < -0.4 is 16.8 Å². The lowest BCUT2D eigenvalue weighted by atomic mass is 9.93. The third kappa shape index (κ3) is 4.70. The van der Waals surface area contributed by atoms with Crippen LogP contribution in [0.3, 0.4) is 0 Å². The molecule has 3 amide bonds. The summed E-state index contributed by atoms with van der Waals surface area (Å²) >= 11 is 0. The summed E-state index contributed by atoms with van der Waals surface area (Å²) in [7, 11) is 0. The van der Waals surface area contributed by atoms with Crippen LogP contribution in [0.5, 0.6) is 0 Å². The molecule has 1 rings (SSSR count). The lowest BCUT2D eigenvalue weighted by molar-refractivity contribution is -0.120. The third-order valence-corrected chi connectivity index (χ3v) is 3.33. The molecule has 6 heteroatoms. The summed E-state index contributed by atoms with van der Waals surface area (Å²) in [6.45, 7) is 4.42. The first-order valence-electron chi connectivity index (χ1n) is 6.06. The summed E-state index contributed by atoms with van der Waals surface area (Å²) in [5.41, 5.74) is 10.5. The van der Waals surface area contributed by atoms with Crippen molar-refractivity contribution < 1.29 is 9.59 Å². The van der Waals surface area contributed by atoms with Crippen LogP contribution in [0.1, 0.15) is 26.2 Å². The summed E-state index contributed by atoms with van der Waals surface area (Å²) in [5, 5.41) is 2.07. The number of piperidine rings is 1. The monoisotopic (exact) mass is 242 g/mol. The van der Waals surface area contributed by atoms with Crippen LogP contribution in [0.2, 0.25) is 0 Å². The lowest BCUT2D eigenvalue weighted by Gasteiger charge is -2.37. The highest BCUT2D eigenvalue weighted by molar-refractivity contribution is 5.93. The van der Waals surface area contributed by atoms with Crippen molar-refractivity contribution in [3.05, 3.63) is 0 Å². The van der Waals surface area contributed by atoms with Crippen molar-refractivity contribution in [2.45, 2.75) is 32.2 Å². The van der Waals surface area contributed by atoms with E-state index in [9.17, 15) is 9.59 Å². The molecule has 6 nitrogen and oxygen atoms in total. The van der Waals surface area contributed by atoms with Gasteiger partial charge in [0, 0.05) is 25.6 Å². The summed E-state index contributed by atoms with van der Waals surface area (Å²) in [6.07, 6.45) is 2.56. The van der Waals surface area contributed by atoms with Crippen molar-refractivity contribution in [2.75, 3.05) is 19.6 Å². The van der Waals surface area contributed by atoms with E-state index in [2.05, 4.69) is 17.1 Å². The van der Waals surface area contributed by atoms with Gasteiger partial charge in [-0.25, -0.2) is 4.79 Å². The smallest absolute Gasteiger partial charge is 0.318 e. The summed E-state index contributed by atoms with van der Waals surface area (Å²) in [4.78, 5) is 24.0. The number of amides is 3. The predicted octanol–water partition coefficient (Wildman–Crippen LogP) is -0.369. The van der Waals surface area contributed by atoms with Gasteiger partial charge in [-0.2, -0.15) is 0 Å². The molecule has 0 aliphatic carbocycles. The van der Waals surface area contributed by atoms with Crippen molar-refractivity contribution in [1.82, 2.24) is 10.2 Å². The maximum absolute atomic E-state index is 11.3. The molecule has 2 atom stereocenters. The highest BCUT2D eigenvalue weighted by atomic mass is 16.2. The number of primary amides is 1. The molecule has 98 valence electrons. The fourth-order valence-electron chi connectivity index (χ4n) is 2.21. The highest BCUT2D eigenvalue weighted by Crippen LogP contribution is 2.20. The highest BCUT2D eigenvalue weighted by Gasteiger charge is 2.24. The van der Waals surface area contributed by atoms with Crippen molar-refractivity contribution in [3.8, 4) is 0 Å². The molecule has 1 aliphatic heterocycles. The largest absolute Gasteiger partial charge is 0.351 e. The van der Waals surface area contributed by atoms with Gasteiger partial charge in [0.25, 0.3) is 0 Å². The van der Waals surface area contributed by atoms with Gasteiger partial charge in [-0.3, -0.25) is 15.0 Å². The Morgan fingerprint density at radius 3 is 2.71 bits per heavy atom. The average molecular weight is 242 g/mol.